The Balaban J connectivity index is 2.21. The zero-order chi connectivity index (χ0) is 14.0. The van der Waals surface area contributed by atoms with Gasteiger partial charge in [0, 0.05) is 12.6 Å². The number of rotatable bonds is 4. The third kappa shape index (κ3) is 3.13. The number of halogens is 1. The van der Waals surface area contributed by atoms with Gasteiger partial charge in [0.2, 0.25) is 0 Å². The summed E-state index contributed by atoms with van der Waals surface area (Å²) in [6.45, 7) is 5.95. The SMILES string of the molecule is CC(C)C1CCCN1Cc1ccc(F)cc1C(=O)O. The molecule has 0 radical (unpaired) electrons. The van der Waals surface area contributed by atoms with E-state index in [0.29, 0.717) is 24.1 Å². The molecule has 1 atom stereocenters. The van der Waals surface area contributed by atoms with Crippen molar-refractivity contribution < 1.29 is 14.3 Å². The van der Waals surface area contributed by atoms with Gasteiger partial charge in [-0.2, -0.15) is 0 Å². The molecule has 3 nitrogen and oxygen atoms in total. The van der Waals surface area contributed by atoms with Gasteiger partial charge in [0.15, 0.2) is 0 Å². The molecular weight excluding hydrogens is 245 g/mol. The molecule has 1 unspecified atom stereocenters. The van der Waals surface area contributed by atoms with Crippen molar-refractivity contribution in [3.63, 3.8) is 0 Å². The van der Waals surface area contributed by atoms with Gasteiger partial charge in [0.1, 0.15) is 5.82 Å². The van der Waals surface area contributed by atoms with Crippen LogP contribution in [-0.2, 0) is 6.54 Å². The van der Waals surface area contributed by atoms with Crippen LogP contribution in [0.2, 0.25) is 0 Å². The van der Waals surface area contributed by atoms with Crippen LogP contribution in [0.4, 0.5) is 4.39 Å². The predicted octanol–water partition coefficient (Wildman–Crippen LogP) is 3.14. The average Bonchev–Trinajstić information content (AvgIpc) is 2.79. The fourth-order valence-electron chi connectivity index (χ4n) is 2.91. The quantitative estimate of drug-likeness (QED) is 0.909. The van der Waals surface area contributed by atoms with Crippen LogP contribution in [0, 0.1) is 11.7 Å². The second kappa shape index (κ2) is 5.70. The number of hydrogen-bond acceptors (Lipinski definition) is 2. The first-order valence-electron chi connectivity index (χ1n) is 6.75. The van der Waals surface area contributed by atoms with Crippen LogP contribution in [0.3, 0.4) is 0 Å². The Hall–Kier alpha value is -1.42. The van der Waals surface area contributed by atoms with Gasteiger partial charge in [-0.15, -0.1) is 0 Å². The Morgan fingerprint density at radius 3 is 2.89 bits per heavy atom. The molecule has 0 bridgehead atoms. The van der Waals surface area contributed by atoms with Crippen LogP contribution in [0.25, 0.3) is 0 Å². The van der Waals surface area contributed by atoms with E-state index in [2.05, 4.69) is 18.7 Å². The molecule has 0 saturated carbocycles. The summed E-state index contributed by atoms with van der Waals surface area (Å²) in [7, 11) is 0. The first-order chi connectivity index (χ1) is 8.99. The third-order valence-corrected chi connectivity index (χ3v) is 3.86. The molecule has 1 fully saturated rings. The largest absolute Gasteiger partial charge is 0.478 e. The molecule has 1 saturated heterocycles. The highest BCUT2D eigenvalue weighted by Crippen LogP contribution is 2.26. The lowest BCUT2D eigenvalue weighted by Crippen LogP contribution is -2.33. The van der Waals surface area contributed by atoms with Crippen molar-refractivity contribution in [1.29, 1.82) is 0 Å². The first-order valence-corrected chi connectivity index (χ1v) is 6.75. The highest BCUT2D eigenvalue weighted by molar-refractivity contribution is 5.89. The summed E-state index contributed by atoms with van der Waals surface area (Å²) in [5.41, 5.74) is 0.774. The molecular formula is C15H20FNO2. The third-order valence-electron chi connectivity index (χ3n) is 3.86. The van der Waals surface area contributed by atoms with E-state index in [-0.39, 0.29) is 5.56 Å². The minimum atomic E-state index is -1.06. The number of benzene rings is 1. The molecule has 4 heteroatoms. The summed E-state index contributed by atoms with van der Waals surface area (Å²) in [5.74, 6) is -1.01. The van der Waals surface area contributed by atoms with Crippen LogP contribution in [0.1, 0.15) is 42.6 Å². The van der Waals surface area contributed by atoms with Crippen molar-refractivity contribution in [2.24, 2.45) is 5.92 Å². The van der Waals surface area contributed by atoms with Crippen molar-refractivity contribution in [2.75, 3.05) is 6.54 Å². The molecule has 1 aromatic carbocycles. The normalized spacial score (nSPS) is 20.1. The molecule has 1 N–H and O–H groups in total. The summed E-state index contributed by atoms with van der Waals surface area (Å²) >= 11 is 0. The highest BCUT2D eigenvalue weighted by atomic mass is 19.1. The minimum Gasteiger partial charge on any atom is -0.478 e. The summed E-state index contributed by atoms with van der Waals surface area (Å²) in [5, 5.41) is 9.15. The molecule has 1 heterocycles. The van der Waals surface area contributed by atoms with E-state index in [1.54, 1.807) is 6.07 Å². The number of carbonyl (C=O) groups is 1. The second-order valence-corrected chi connectivity index (χ2v) is 5.53. The van der Waals surface area contributed by atoms with Gasteiger partial charge >= 0.3 is 5.97 Å². The smallest absolute Gasteiger partial charge is 0.336 e. The number of likely N-dealkylation sites (tertiary alicyclic amines) is 1. The van der Waals surface area contributed by atoms with Crippen LogP contribution in [0.15, 0.2) is 18.2 Å². The number of carboxylic acids is 1. The Morgan fingerprint density at radius 2 is 2.26 bits per heavy atom. The lowest BCUT2D eigenvalue weighted by Gasteiger charge is -2.28. The summed E-state index contributed by atoms with van der Waals surface area (Å²) in [4.78, 5) is 13.5. The van der Waals surface area contributed by atoms with Crippen LogP contribution >= 0.6 is 0 Å². The van der Waals surface area contributed by atoms with E-state index >= 15 is 0 Å². The van der Waals surface area contributed by atoms with Gasteiger partial charge in [-0.3, -0.25) is 4.90 Å². The predicted molar refractivity (Wildman–Crippen MR) is 71.6 cm³/mol. The Morgan fingerprint density at radius 1 is 1.53 bits per heavy atom. The molecule has 0 aromatic heterocycles. The Bertz CT molecular complexity index is 473. The standard InChI is InChI=1S/C15H20FNO2/c1-10(2)14-4-3-7-17(14)9-11-5-6-12(16)8-13(11)15(18)19/h5-6,8,10,14H,3-4,7,9H2,1-2H3,(H,18,19). The maximum absolute atomic E-state index is 13.1. The zero-order valence-corrected chi connectivity index (χ0v) is 11.4. The van der Waals surface area contributed by atoms with Crippen molar-refractivity contribution >= 4 is 5.97 Å². The molecule has 2 rings (SSSR count). The fraction of sp³-hybridized carbons (Fsp3) is 0.533. The monoisotopic (exact) mass is 265 g/mol. The molecule has 104 valence electrons. The van der Waals surface area contributed by atoms with Crippen molar-refractivity contribution in [2.45, 2.75) is 39.3 Å². The number of nitrogens with zero attached hydrogens (tertiary/aromatic N) is 1. The summed E-state index contributed by atoms with van der Waals surface area (Å²) in [6.07, 6.45) is 2.30. The fourth-order valence-corrected chi connectivity index (χ4v) is 2.91. The molecule has 0 aliphatic carbocycles. The van der Waals surface area contributed by atoms with Crippen LogP contribution in [-0.4, -0.2) is 28.6 Å². The van der Waals surface area contributed by atoms with E-state index in [4.69, 9.17) is 5.11 Å². The van der Waals surface area contributed by atoms with Crippen LogP contribution < -0.4 is 0 Å². The van der Waals surface area contributed by atoms with E-state index in [0.717, 1.165) is 25.5 Å². The second-order valence-electron chi connectivity index (χ2n) is 5.53. The molecule has 1 aliphatic heterocycles. The maximum atomic E-state index is 13.1. The van der Waals surface area contributed by atoms with Gasteiger partial charge in [-0.25, -0.2) is 9.18 Å². The van der Waals surface area contributed by atoms with Gasteiger partial charge in [-0.1, -0.05) is 19.9 Å². The van der Waals surface area contributed by atoms with E-state index in [1.165, 1.54) is 6.07 Å². The number of carboxylic acid groups (broad SMARTS) is 1. The lowest BCUT2D eigenvalue weighted by atomic mass is 10.0. The lowest BCUT2D eigenvalue weighted by molar-refractivity contribution is 0.0693. The van der Waals surface area contributed by atoms with Crippen molar-refractivity contribution in [3.05, 3.63) is 35.1 Å². The molecule has 1 aromatic rings. The van der Waals surface area contributed by atoms with Crippen LogP contribution in [0.5, 0.6) is 0 Å². The molecule has 0 spiro atoms. The van der Waals surface area contributed by atoms with Gasteiger partial charge in [0.25, 0.3) is 0 Å². The Labute approximate surface area is 113 Å². The highest BCUT2D eigenvalue weighted by Gasteiger charge is 2.27. The van der Waals surface area contributed by atoms with E-state index < -0.39 is 11.8 Å². The van der Waals surface area contributed by atoms with Gasteiger partial charge < -0.3 is 5.11 Å². The first kappa shape index (κ1) is 14.0. The summed E-state index contributed by atoms with van der Waals surface area (Å²) < 4.78 is 13.1. The number of aromatic carboxylic acids is 1. The Kier molecular flexibility index (Phi) is 4.20. The number of hydrogen-bond donors (Lipinski definition) is 1. The van der Waals surface area contributed by atoms with E-state index in [1.807, 2.05) is 0 Å². The zero-order valence-electron chi connectivity index (χ0n) is 11.4. The molecule has 0 amide bonds. The topological polar surface area (TPSA) is 40.5 Å². The van der Waals surface area contributed by atoms with Crippen molar-refractivity contribution in [3.8, 4) is 0 Å². The average molecular weight is 265 g/mol. The summed E-state index contributed by atoms with van der Waals surface area (Å²) in [6, 6.07) is 4.53. The maximum Gasteiger partial charge on any atom is 0.336 e. The minimum absolute atomic E-state index is 0.0782. The van der Waals surface area contributed by atoms with Crippen molar-refractivity contribution in [1.82, 2.24) is 4.90 Å². The van der Waals surface area contributed by atoms with Gasteiger partial charge in [0.05, 0.1) is 5.56 Å². The molecule has 1 aliphatic rings. The molecule has 19 heavy (non-hydrogen) atoms. The van der Waals surface area contributed by atoms with Gasteiger partial charge in [-0.05, 0) is 43.0 Å². The van der Waals surface area contributed by atoms with E-state index in [9.17, 15) is 9.18 Å².